The number of rotatable bonds is 7. The monoisotopic (exact) mass is 214 g/mol. The van der Waals surface area contributed by atoms with Crippen molar-refractivity contribution >= 4 is 5.96 Å². The highest BCUT2D eigenvalue weighted by Gasteiger charge is 2.19. The van der Waals surface area contributed by atoms with Gasteiger partial charge in [0.25, 0.3) is 0 Å². The van der Waals surface area contributed by atoms with Gasteiger partial charge in [-0.05, 0) is 18.8 Å². The molecule has 0 atom stereocenters. The van der Waals surface area contributed by atoms with Gasteiger partial charge < -0.3 is 10.1 Å². The Morgan fingerprint density at radius 3 is 2.93 bits per heavy atom. The molecule has 0 saturated heterocycles. The lowest BCUT2D eigenvalue weighted by Gasteiger charge is -2.08. The Labute approximate surface area is 91.4 Å². The van der Waals surface area contributed by atoms with E-state index in [1.807, 2.05) is 0 Å². The molecule has 4 N–H and O–H groups in total. The lowest BCUT2D eigenvalue weighted by Crippen LogP contribution is -2.42. The molecule has 0 aromatic rings. The van der Waals surface area contributed by atoms with E-state index in [0.29, 0.717) is 12.6 Å². The van der Waals surface area contributed by atoms with Crippen LogP contribution in [-0.2, 0) is 4.74 Å². The quantitative estimate of drug-likeness (QED) is 0.186. The van der Waals surface area contributed by atoms with Crippen molar-refractivity contribution in [3.8, 4) is 0 Å². The molecule has 88 valence electrons. The molecule has 0 radical (unpaired) electrons. The number of hydrogen-bond donors (Lipinski definition) is 3. The summed E-state index contributed by atoms with van der Waals surface area (Å²) in [6.45, 7) is 2.22. The zero-order chi connectivity index (χ0) is 10.9. The van der Waals surface area contributed by atoms with Gasteiger partial charge in [0.2, 0.25) is 5.96 Å². The standard InChI is InChI=1S/C10H22N4O/c1-15-8-7-13-10(14-11)12-6-2-3-9-4-5-9/h9H,2-8,11H2,1H3,(H2,12,13,14). The fraction of sp³-hybridized carbons (Fsp3) is 0.900. The van der Waals surface area contributed by atoms with Crippen molar-refractivity contribution in [2.45, 2.75) is 25.7 Å². The van der Waals surface area contributed by atoms with Crippen molar-refractivity contribution in [2.24, 2.45) is 16.8 Å². The van der Waals surface area contributed by atoms with Gasteiger partial charge in [-0.1, -0.05) is 12.8 Å². The van der Waals surface area contributed by atoms with E-state index < -0.39 is 0 Å². The number of aliphatic imine (C=N–C) groups is 1. The van der Waals surface area contributed by atoms with E-state index in [0.717, 1.165) is 25.4 Å². The molecule has 0 aliphatic heterocycles. The van der Waals surface area contributed by atoms with E-state index in [1.54, 1.807) is 7.11 Å². The van der Waals surface area contributed by atoms with Crippen LogP contribution in [0.15, 0.2) is 4.99 Å². The molecule has 0 unspecified atom stereocenters. The molecular formula is C10H22N4O. The van der Waals surface area contributed by atoms with Crippen LogP contribution in [0.1, 0.15) is 25.7 Å². The summed E-state index contributed by atoms with van der Waals surface area (Å²) >= 11 is 0. The molecule has 1 saturated carbocycles. The smallest absolute Gasteiger partial charge is 0.205 e. The van der Waals surface area contributed by atoms with Gasteiger partial charge in [-0.15, -0.1) is 0 Å². The van der Waals surface area contributed by atoms with Gasteiger partial charge in [0, 0.05) is 20.2 Å². The van der Waals surface area contributed by atoms with Crippen molar-refractivity contribution in [1.29, 1.82) is 0 Å². The summed E-state index contributed by atoms with van der Waals surface area (Å²) in [6, 6.07) is 0. The molecule has 0 bridgehead atoms. The average Bonchev–Trinajstić information content (AvgIpc) is 3.05. The van der Waals surface area contributed by atoms with Crippen molar-refractivity contribution in [1.82, 2.24) is 10.7 Å². The second-order valence-electron chi connectivity index (χ2n) is 3.88. The second kappa shape index (κ2) is 7.48. The third kappa shape index (κ3) is 6.30. The van der Waals surface area contributed by atoms with E-state index in [1.165, 1.54) is 19.3 Å². The molecule has 5 heteroatoms. The minimum Gasteiger partial charge on any atom is -0.383 e. The molecule has 0 heterocycles. The third-order valence-corrected chi connectivity index (χ3v) is 2.47. The van der Waals surface area contributed by atoms with E-state index in [2.05, 4.69) is 15.7 Å². The SMILES string of the molecule is COCCNC(=NCCCC1CC1)NN. The zero-order valence-corrected chi connectivity index (χ0v) is 9.46. The minimum atomic E-state index is 0.655. The van der Waals surface area contributed by atoms with Gasteiger partial charge in [0.05, 0.1) is 6.61 Å². The fourth-order valence-electron chi connectivity index (χ4n) is 1.40. The summed E-state index contributed by atoms with van der Waals surface area (Å²) in [5, 5.41) is 3.06. The van der Waals surface area contributed by atoms with Crippen LogP contribution in [0.2, 0.25) is 0 Å². The largest absolute Gasteiger partial charge is 0.383 e. The highest BCUT2D eigenvalue weighted by atomic mass is 16.5. The van der Waals surface area contributed by atoms with Crippen molar-refractivity contribution in [3.05, 3.63) is 0 Å². The lowest BCUT2D eigenvalue weighted by atomic mass is 10.2. The van der Waals surface area contributed by atoms with Crippen molar-refractivity contribution in [3.63, 3.8) is 0 Å². The van der Waals surface area contributed by atoms with Crippen LogP contribution in [0.3, 0.4) is 0 Å². The Bertz CT molecular complexity index is 192. The first kappa shape index (κ1) is 12.3. The summed E-state index contributed by atoms with van der Waals surface area (Å²) in [5.74, 6) is 6.96. The first-order valence-electron chi connectivity index (χ1n) is 5.60. The van der Waals surface area contributed by atoms with Crippen LogP contribution in [0, 0.1) is 5.92 Å². The summed E-state index contributed by atoms with van der Waals surface area (Å²) in [4.78, 5) is 4.33. The number of nitrogens with one attached hydrogen (secondary N) is 2. The lowest BCUT2D eigenvalue weighted by molar-refractivity contribution is 0.203. The van der Waals surface area contributed by atoms with Crippen LogP contribution in [0.4, 0.5) is 0 Å². The minimum absolute atomic E-state index is 0.655. The molecule has 15 heavy (non-hydrogen) atoms. The van der Waals surface area contributed by atoms with Crippen LogP contribution in [-0.4, -0.2) is 32.8 Å². The molecule has 0 aromatic carbocycles. The van der Waals surface area contributed by atoms with Crippen LogP contribution in [0.25, 0.3) is 0 Å². The Kier molecular flexibility index (Phi) is 6.11. The zero-order valence-electron chi connectivity index (χ0n) is 9.46. The Morgan fingerprint density at radius 1 is 1.53 bits per heavy atom. The van der Waals surface area contributed by atoms with E-state index in [4.69, 9.17) is 10.6 Å². The summed E-state index contributed by atoms with van der Waals surface area (Å²) < 4.78 is 4.92. The summed E-state index contributed by atoms with van der Waals surface area (Å²) in [6.07, 6.45) is 5.29. The van der Waals surface area contributed by atoms with Crippen LogP contribution >= 0.6 is 0 Å². The van der Waals surface area contributed by atoms with Crippen LogP contribution in [0.5, 0.6) is 0 Å². The van der Waals surface area contributed by atoms with Crippen molar-refractivity contribution < 1.29 is 4.74 Å². The predicted octanol–water partition coefficient (Wildman–Crippen LogP) is 0.232. The maximum Gasteiger partial charge on any atom is 0.205 e. The summed E-state index contributed by atoms with van der Waals surface area (Å²) in [5.41, 5.74) is 2.55. The van der Waals surface area contributed by atoms with Crippen LogP contribution < -0.4 is 16.6 Å². The Morgan fingerprint density at radius 2 is 2.33 bits per heavy atom. The molecular weight excluding hydrogens is 192 g/mol. The second-order valence-corrected chi connectivity index (χ2v) is 3.88. The number of methoxy groups -OCH3 is 1. The van der Waals surface area contributed by atoms with Gasteiger partial charge in [-0.3, -0.25) is 10.4 Å². The number of ether oxygens (including phenoxy) is 1. The van der Waals surface area contributed by atoms with E-state index >= 15 is 0 Å². The average molecular weight is 214 g/mol. The molecule has 0 spiro atoms. The molecule has 1 rings (SSSR count). The van der Waals surface area contributed by atoms with Gasteiger partial charge in [0.1, 0.15) is 0 Å². The van der Waals surface area contributed by atoms with Gasteiger partial charge >= 0.3 is 0 Å². The maximum absolute atomic E-state index is 5.33. The predicted molar refractivity (Wildman–Crippen MR) is 61.5 cm³/mol. The van der Waals surface area contributed by atoms with E-state index in [-0.39, 0.29) is 0 Å². The topological polar surface area (TPSA) is 71.7 Å². The molecule has 1 aliphatic rings. The van der Waals surface area contributed by atoms with Gasteiger partial charge in [-0.25, -0.2) is 5.84 Å². The third-order valence-electron chi connectivity index (χ3n) is 2.47. The highest BCUT2D eigenvalue weighted by Crippen LogP contribution is 2.33. The maximum atomic E-state index is 5.33. The number of nitrogens with zero attached hydrogens (tertiary/aromatic N) is 1. The van der Waals surface area contributed by atoms with Gasteiger partial charge in [-0.2, -0.15) is 0 Å². The molecule has 1 aliphatic carbocycles. The summed E-state index contributed by atoms with van der Waals surface area (Å²) in [7, 11) is 1.67. The number of nitrogens with two attached hydrogens (primary N) is 1. The number of hydrazine groups is 1. The fourth-order valence-corrected chi connectivity index (χ4v) is 1.40. The normalized spacial score (nSPS) is 16.5. The Balaban J connectivity index is 2.02. The first-order valence-corrected chi connectivity index (χ1v) is 5.60. The first-order chi connectivity index (χ1) is 7.36. The number of hydrogen-bond acceptors (Lipinski definition) is 3. The van der Waals surface area contributed by atoms with Crippen molar-refractivity contribution in [2.75, 3.05) is 26.8 Å². The molecule has 1 fully saturated rings. The van der Waals surface area contributed by atoms with Gasteiger partial charge in [0.15, 0.2) is 0 Å². The molecule has 0 aromatic heterocycles. The highest BCUT2D eigenvalue weighted by molar-refractivity contribution is 5.79. The molecule has 5 nitrogen and oxygen atoms in total. The van der Waals surface area contributed by atoms with E-state index in [9.17, 15) is 0 Å². The molecule has 0 amide bonds. The Hall–Kier alpha value is -0.810. The number of guanidine groups is 1.